The van der Waals surface area contributed by atoms with Crippen LogP contribution in [0.1, 0.15) is 17.5 Å². The highest BCUT2D eigenvalue weighted by Crippen LogP contribution is 2.36. The minimum absolute atomic E-state index is 0.348. The predicted octanol–water partition coefficient (Wildman–Crippen LogP) is 1.67. The molecule has 3 rings (SSSR count). The lowest BCUT2D eigenvalue weighted by molar-refractivity contribution is 0.187. The Kier molecular flexibility index (Phi) is 3.70. The number of ether oxygens (including phenoxy) is 1. The lowest BCUT2D eigenvalue weighted by Gasteiger charge is -2.22. The van der Waals surface area contributed by atoms with Gasteiger partial charge in [-0.05, 0) is 44.6 Å². The van der Waals surface area contributed by atoms with Crippen LogP contribution in [0.5, 0.6) is 5.75 Å². The molecule has 0 unspecified atom stereocenters. The van der Waals surface area contributed by atoms with Crippen molar-refractivity contribution in [2.24, 2.45) is 0 Å². The van der Waals surface area contributed by atoms with Crippen molar-refractivity contribution in [1.29, 1.82) is 0 Å². The second-order valence-corrected chi connectivity index (χ2v) is 5.93. The highest BCUT2D eigenvalue weighted by Gasteiger charge is 2.22. The number of hydrogen-bond acceptors (Lipinski definition) is 5. The summed E-state index contributed by atoms with van der Waals surface area (Å²) in [7, 11) is 5.55. The molecule has 0 atom stereocenters. The van der Waals surface area contributed by atoms with E-state index in [1.54, 1.807) is 7.11 Å². The summed E-state index contributed by atoms with van der Waals surface area (Å²) in [6.45, 7) is 1.52. The van der Waals surface area contributed by atoms with Crippen molar-refractivity contribution in [3.05, 3.63) is 33.6 Å². The van der Waals surface area contributed by atoms with Gasteiger partial charge in [0.05, 0.1) is 23.7 Å². The smallest absolute Gasteiger partial charge is 0.288 e. The quantitative estimate of drug-likeness (QED) is 0.844. The van der Waals surface area contributed by atoms with Gasteiger partial charge in [0, 0.05) is 18.7 Å². The fourth-order valence-electron chi connectivity index (χ4n) is 3.09. The van der Waals surface area contributed by atoms with Gasteiger partial charge in [0.15, 0.2) is 0 Å². The van der Waals surface area contributed by atoms with E-state index in [1.165, 1.54) is 0 Å². The number of hydrogen-bond donors (Lipinski definition) is 2. The molecule has 0 radical (unpaired) electrons. The molecule has 0 saturated heterocycles. The monoisotopic (exact) mass is 303 g/mol. The zero-order valence-electron chi connectivity index (χ0n) is 13.1. The third kappa shape index (κ3) is 2.29. The maximum atomic E-state index is 12.4. The van der Waals surface area contributed by atoms with Crippen LogP contribution in [0.2, 0.25) is 0 Å². The van der Waals surface area contributed by atoms with E-state index in [0.717, 1.165) is 34.3 Å². The molecule has 6 nitrogen and oxygen atoms in total. The number of rotatable bonds is 3. The molecule has 1 aliphatic heterocycles. The maximum absolute atomic E-state index is 12.4. The van der Waals surface area contributed by atoms with Crippen LogP contribution in [0.15, 0.2) is 16.9 Å². The van der Waals surface area contributed by atoms with E-state index in [-0.39, 0.29) is 5.56 Å². The van der Waals surface area contributed by atoms with Crippen molar-refractivity contribution in [3.8, 4) is 5.75 Å². The molecule has 6 heteroatoms. The molecule has 1 aliphatic rings. The van der Waals surface area contributed by atoms with Crippen LogP contribution < -0.4 is 15.6 Å². The van der Waals surface area contributed by atoms with Crippen molar-refractivity contribution in [3.63, 3.8) is 0 Å². The molecule has 1 aromatic heterocycles. The molecule has 0 spiro atoms. The van der Waals surface area contributed by atoms with E-state index < -0.39 is 0 Å². The zero-order valence-corrected chi connectivity index (χ0v) is 13.1. The predicted molar refractivity (Wildman–Crippen MR) is 86.1 cm³/mol. The Balaban J connectivity index is 2.36. The first-order chi connectivity index (χ1) is 10.5. The van der Waals surface area contributed by atoms with Gasteiger partial charge in [0.1, 0.15) is 5.75 Å². The fourth-order valence-corrected chi connectivity index (χ4v) is 3.09. The number of aromatic nitrogens is 1. The van der Waals surface area contributed by atoms with Crippen molar-refractivity contribution in [2.45, 2.75) is 19.4 Å². The summed E-state index contributed by atoms with van der Waals surface area (Å²) in [5.41, 5.74) is 2.53. The second kappa shape index (κ2) is 5.53. The number of methoxy groups -OCH3 is 1. The van der Waals surface area contributed by atoms with Crippen molar-refractivity contribution < 1.29 is 9.94 Å². The molecule has 0 bridgehead atoms. The van der Waals surface area contributed by atoms with Gasteiger partial charge in [-0.1, -0.05) is 0 Å². The maximum Gasteiger partial charge on any atom is 0.288 e. The zero-order chi connectivity index (χ0) is 15.9. The van der Waals surface area contributed by atoms with E-state index >= 15 is 0 Å². The molecule has 2 N–H and O–H groups in total. The molecule has 22 heavy (non-hydrogen) atoms. The number of nitrogens with one attached hydrogen (secondary N) is 1. The average molecular weight is 303 g/mol. The van der Waals surface area contributed by atoms with Crippen LogP contribution in [-0.4, -0.2) is 42.6 Å². The van der Waals surface area contributed by atoms with E-state index in [1.807, 2.05) is 31.1 Å². The largest absolute Gasteiger partial charge is 0.496 e. The number of anilines is 1. The molecule has 0 fully saturated rings. The normalized spacial score (nSPS) is 14.0. The average Bonchev–Trinajstić information content (AvgIpc) is 2.51. The Morgan fingerprint density at radius 3 is 2.86 bits per heavy atom. The molecular formula is C16H21N3O3. The second-order valence-electron chi connectivity index (χ2n) is 5.93. The van der Waals surface area contributed by atoms with E-state index in [9.17, 15) is 10.0 Å². The Bertz CT molecular complexity index is 781. The molecule has 2 heterocycles. The van der Waals surface area contributed by atoms with Crippen LogP contribution in [0.3, 0.4) is 0 Å². The highest BCUT2D eigenvalue weighted by molar-refractivity contribution is 5.98. The van der Waals surface area contributed by atoms with Gasteiger partial charge in [0.25, 0.3) is 5.56 Å². The standard InChI is InChI=1S/C16H21N3O3/c1-18(2)9-10-7-12-14(13(8-10)22-3)15-11(5-4-6-17-15)16(20)19(12)21/h7-8,17,21H,4-6,9H2,1-3H3. The summed E-state index contributed by atoms with van der Waals surface area (Å²) in [6, 6.07) is 3.80. The van der Waals surface area contributed by atoms with Gasteiger partial charge < -0.3 is 20.2 Å². The van der Waals surface area contributed by atoms with Gasteiger partial charge in [-0.15, -0.1) is 4.73 Å². The summed E-state index contributed by atoms with van der Waals surface area (Å²) >= 11 is 0. The molecule has 0 saturated carbocycles. The molecular weight excluding hydrogens is 282 g/mol. The molecule has 118 valence electrons. The van der Waals surface area contributed by atoms with Crippen LogP contribution in [0.4, 0.5) is 5.69 Å². The van der Waals surface area contributed by atoms with Crippen LogP contribution >= 0.6 is 0 Å². The van der Waals surface area contributed by atoms with E-state index in [0.29, 0.717) is 29.8 Å². The summed E-state index contributed by atoms with van der Waals surface area (Å²) < 4.78 is 6.28. The van der Waals surface area contributed by atoms with Crippen molar-refractivity contribution in [2.75, 3.05) is 33.1 Å². The van der Waals surface area contributed by atoms with E-state index in [4.69, 9.17) is 4.74 Å². The summed E-state index contributed by atoms with van der Waals surface area (Å²) in [5.74, 6) is 0.669. The first kappa shape index (κ1) is 14.7. The van der Waals surface area contributed by atoms with Crippen LogP contribution in [0, 0.1) is 0 Å². The number of pyridine rings is 1. The Hall–Kier alpha value is -2.21. The van der Waals surface area contributed by atoms with Gasteiger partial charge in [0.2, 0.25) is 0 Å². The Morgan fingerprint density at radius 1 is 1.41 bits per heavy atom. The van der Waals surface area contributed by atoms with Gasteiger partial charge in [-0.3, -0.25) is 4.79 Å². The van der Waals surface area contributed by atoms with Crippen LogP contribution in [-0.2, 0) is 13.0 Å². The number of fused-ring (bicyclic) bond motifs is 3. The topological polar surface area (TPSA) is 66.7 Å². The van der Waals surface area contributed by atoms with Crippen LogP contribution in [0.25, 0.3) is 10.9 Å². The third-order valence-electron chi connectivity index (χ3n) is 4.00. The third-order valence-corrected chi connectivity index (χ3v) is 4.00. The minimum Gasteiger partial charge on any atom is -0.496 e. The molecule has 2 aromatic rings. The van der Waals surface area contributed by atoms with Crippen molar-refractivity contribution >= 4 is 16.6 Å². The van der Waals surface area contributed by atoms with Gasteiger partial charge >= 0.3 is 0 Å². The number of nitrogens with zero attached hydrogens (tertiary/aromatic N) is 2. The summed E-state index contributed by atoms with van der Waals surface area (Å²) in [6.07, 6.45) is 1.55. The van der Waals surface area contributed by atoms with Gasteiger partial charge in [-0.25, -0.2) is 0 Å². The highest BCUT2D eigenvalue weighted by atomic mass is 16.5. The Labute approximate surface area is 128 Å². The molecule has 0 amide bonds. The van der Waals surface area contributed by atoms with Crippen molar-refractivity contribution in [1.82, 2.24) is 9.63 Å². The first-order valence-corrected chi connectivity index (χ1v) is 7.39. The SMILES string of the molecule is COc1cc(CN(C)C)cc2c1c1c(c(=O)n2O)CCCN1. The summed E-state index contributed by atoms with van der Waals surface area (Å²) in [4.78, 5) is 14.4. The first-order valence-electron chi connectivity index (χ1n) is 7.39. The number of benzene rings is 1. The molecule has 1 aromatic carbocycles. The van der Waals surface area contributed by atoms with Gasteiger partial charge in [-0.2, -0.15) is 0 Å². The van der Waals surface area contributed by atoms with E-state index in [2.05, 4.69) is 5.32 Å². The fraction of sp³-hybridized carbons (Fsp3) is 0.438. The minimum atomic E-state index is -0.348. The Morgan fingerprint density at radius 2 is 2.18 bits per heavy atom. The lowest BCUT2D eigenvalue weighted by atomic mass is 9.99. The summed E-state index contributed by atoms with van der Waals surface area (Å²) in [5, 5.41) is 14.4. The lowest BCUT2D eigenvalue weighted by Crippen LogP contribution is -2.28. The molecule has 0 aliphatic carbocycles.